The maximum Gasteiger partial charge on any atom is 0.236 e. The van der Waals surface area contributed by atoms with Gasteiger partial charge in [-0.25, -0.2) is 0 Å². The number of amides is 1. The Morgan fingerprint density at radius 1 is 1.27 bits per heavy atom. The zero-order valence-electron chi connectivity index (χ0n) is 9.91. The molecule has 0 aromatic rings. The number of hydrogen-bond acceptors (Lipinski definition) is 4. The first kappa shape index (κ1) is 14.3. The fourth-order valence-corrected chi connectivity index (χ4v) is 0.897. The molecular formula is C10H22N2O3. The third-order valence-electron chi connectivity index (χ3n) is 1.85. The van der Waals surface area contributed by atoms with Crippen LogP contribution in [0.5, 0.6) is 0 Å². The molecule has 1 N–H and O–H groups in total. The van der Waals surface area contributed by atoms with Gasteiger partial charge >= 0.3 is 0 Å². The molecule has 0 saturated heterocycles. The van der Waals surface area contributed by atoms with Crippen LogP contribution < -0.4 is 5.32 Å². The summed E-state index contributed by atoms with van der Waals surface area (Å²) in [6, 6.07) is 0. The first-order chi connectivity index (χ1) is 7.18. The molecule has 0 heterocycles. The van der Waals surface area contributed by atoms with E-state index in [1.54, 1.807) is 26.1 Å². The van der Waals surface area contributed by atoms with Crippen LogP contribution in [-0.2, 0) is 14.3 Å². The number of hydrogen-bond donors (Lipinski definition) is 1. The molecular weight excluding hydrogens is 196 g/mol. The number of methoxy groups -OCH3 is 1. The van der Waals surface area contributed by atoms with Gasteiger partial charge in [0.15, 0.2) is 0 Å². The maximum atomic E-state index is 11.1. The van der Waals surface area contributed by atoms with Crippen LogP contribution in [0.3, 0.4) is 0 Å². The van der Waals surface area contributed by atoms with Crippen molar-refractivity contribution in [3.63, 3.8) is 0 Å². The quantitative estimate of drug-likeness (QED) is 0.541. The average molecular weight is 218 g/mol. The molecule has 0 aromatic carbocycles. The highest BCUT2D eigenvalue weighted by Crippen LogP contribution is 1.82. The van der Waals surface area contributed by atoms with Crippen molar-refractivity contribution in [1.82, 2.24) is 10.2 Å². The second kappa shape index (κ2) is 9.89. The van der Waals surface area contributed by atoms with Gasteiger partial charge in [0, 0.05) is 27.8 Å². The van der Waals surface area contributed by atoms with Gasteiger partial charge in [-0.05, 0) is 13.0 Å². The molecule has 0 aliphatic rings. The van der Waals surface area contributed by atoms with Gasteiger partial charge in [-0.15, -0.1) is 0 Å². The van der Waals surface area contributed by atoms with Gasteiger partial charge in [-0.2, -0.15) is 0 Å². The van der Waals surface area contributed by atoms with Gasteiger partial charge in [0.2, 0.25) is 5.91 Å². The van der Waals surface area contributed by atoms with Crippen LogP contribution in [0.4, 0.5) is 0 Å². The normalized spacial score (nSPS) is 10.3. The van der Waals surface area contributed by atoms with Crippen LogP contribution in [0, 0.1) is 0 Å². The second-order valence-electron chi connectivity index (χ2n) is 3.42. The van der Waals surface area contributed by atoms with Gasteiger partial charge in [-0.3, -0.25) is 4.79 Å². The molecule has 0 spiro atoms. The smallest absolute Gasteiger partial charge is 0.236 e. The van der Waals surface area contributed by atoms with Crippen molar-refractivity contribution < 1.29 is 14.3 Å². The first-order valence-corrected chi connectivity index (χ1v) is 5.16. The molecule has 0 radical (unpaired) electrons. The predicted molar refractivity (Wildman–Crippen MR) is 58.9 cm³/mol. The molecule has 0 rings (SSSR count). The van der Waals surface area contributed by atoms with Crippen molar-refractivity contribution in [2.75, 3.05) is 54.1 Å². The molecule has 90 valence electrons. The molecule has 5 heteroatoms. The van der Waals surface area contributed by atoms with E-state index >= 15 is 0 Å². The molecule has 1 amide bonds. The zero-order chi connectivity index (χ0) is 11.5. The first-order valence-electron chi connectivity index (χ1n) is 5.16. The number of rotatable bonds is 9. The number of carbonyl (C=O) groups is 1. The maximum absolute atomic E-state index is 11.1. The van der Waals surface area contributed by atoms with Crippen LogP contribution >= 0.6 is 0 Å². The number of ether oxygens (including phenoxy) is 2. The molecule has 0 atom stereocenters. The lowest BCUT2D eigenvalue weighted by atomic mass is 10.4. The SMILES string of the molecule is COCCOCCCNCC(=O)N(C)C. The van der Waals surface area contributed by atoms with Crippen molar-refractivity contribution in [2.45, 2.75) is 6.42 Å². The number of nitrogens with one attached hydrogen (secondary N) is 1. The monoisotopic (exact) mass is 218 g/mol. The summed E-state index contributed by atoms with van der Waals surface area (Å²) in [7, 11) is 5.15. The summed E-state index contributed by atoms with van der Waals surface area (Å²) in [4.78, 5) is 12.7. The highest BCUT2D eigenvalue weighted by Gasteiger charge is 2.01. The third-order valence-corrected chi connectivity index (χ3v) is 1.85. The zero-order valence-corrected chi connectivity index (χ0v) is 9.91. The summed E-state index contributed by atoms with van der Waals surface area (Å²) >= 11 is 0. The van der Waals surface area contributed by atoms with Crippen LogP contribution in [0.15, 0.2) is 0 Å². The van der Waals surface area contributed by atoms with Gasteiger partial charge in [0.1, 0.15) is 0 Å². The van der Waals surface area contributed by atoms with Crippen molar-refractivity contribution in [3.05, 3.63) is 0 Å². The van der Waals surface area contributed by atoms with Crippen molar-refractivity contribution >= 4 is 5.91 Å². The molecule has 0 aliphatic carbocycles. The molecule has 0 aliphatic heterocycles. The Balaban J connectivity index is 3.08. The van der Waals surface area contributed by atoms with E-state index in [1.165, 1.54) is 0 Å². The van der Waals surface area contributed by atoms with Crippen LogP contribution in [0.2, 0.25) is 0 Å². The standard InChI is InChI=1S/C10H22N2O3/c1-12(2)10(13)9-11-5-4-6-15-8-7-14-3/h11H,4-9H2,1-3H3. The molecule has 5 nitrogen and oxygen atoms in total. The molecule has 0 bridgehead atoms. The summed E-state index contributed by atoms with van der Waals surface area (Å²) in [5, 5.41) is 3.05. The van der Waals surface area contributed by atoms with E-state index in [1.807, 2.05) is 0 Å². The third kappa shape index (κ3) is 9.65. The highest BCUT2D eigenvalue weighted by molar-refractivity contribution is 5.77. The minimum atomic E-state index is 0.0929. The topological polar surface area (TPSA) is 50.8 Å². The number of likely N-dealkylation sites (N-methyl/N-ethyl adjacent to an activating group) is 1. The average Bonchev–Trinajstić information content (AvgIpc) is 2.21. The highest BCUT2D eigenvalue weighted by atomic mass is 16.5. The van der Waals surface area contributed by atoms with Gasteiger partial charge in [0.05, 0.1) is 19.8 Å². The summed E-state index contributed by atoms with van der Waals surface area (Å²) in [5.74, 6) is 0.0929. The lowest BCUT2D eigenvalue weighted by molar-refractivity contribution is -0.127. The minimum Gasteiger partial charge on any atom is -0.382 e. The lowest BCUT2D eigenvalue weighted by Crippen LogP contribution is -2.33. The van der Waals surface area contributed by atoms with Gasteiger partial charge in [-0.1, -0.05) is 0 Å². The van der Waals surface area contributed by atoms with E-state index in [2.05, 4.69) is 5.32 Å². The molecule has 0 saturated carbocycles. The van der Waals surface area contributed by atoms with E-state index in [-0.39, 0.29) is 5.91 Å². The molecule has 15 heavy (non-hydrogen) atoms. The Morgan fingerprint density at radius 2 is 2.00 bits per heavy atom. The minimum absolute atomic E-state index is 0.0929. The van der Waals surface area contributed by atoms with Crippen molar-refractivity contribution in [1.29, 1.82) is 0 Å². The summed E-state index contributed by atoms with van der Waals surface area (Å²) in [5.41, 5.74) is 0. The summed E-state index contributed by atoms with van der Waals surface area (Å²) < 4.78 is 10.1. The lowest BCUT2D eigenvalue weighted by Gasteiger charge is -2.10. The number of nitrogens with zero attached hydrogens (tertiary/aromatic N) is 1. The van der Waals surface area contributed by atoms with Gasteiger partial charge in [0.25, 0.3) is 0 Å². The fourth-order valence-electron chi connectivity index (χ4n) is 0.897. The second-order valence-corrected chi connectivity index (χ2v) is 3.42. The predicted octanol–water partition coefficient (Wildman–Crippen LogP) is -0.283. The van der Waals surface area contributed by atoms with Crippen molar-refractivity contribution in [2.24, 2.45) is 0 Å². The van der Waals surface area contributed by atoms with E-state index < -0.39 is 0 Å². The van der Waals surface area contributed by atoms with Crippen LogP contribution in [0.25, 0.3) is 0 Å². The Hall–Kier alpha value is -0.650. The Kier molecular flexibility index (Phi) is 9.46. The molecule has 0 unspecified atom stereocenters. The Morgan fingerprint density at radius 3 is 2.60 bits per heavy atom. The molecule has 0 aromatic heterocycles. The van der Waals surface area contributed by atoms with Crippen LogP contribution in [0.1, 0.15) is 6.42 Å². The number of carbonyl (C=O) groups excluding carboxylic acids is 1. The molecule has 0 fully saturated rings. The van der Waals surface area contributed by atoms with Gasteiger partial charge < -0.3 is 19.7 Å². The fraction of sp³-hybridized carbons (Fsp3) is 0.900. The van der Waals surface area contributed by atoms with E-state index in [0.29, 0.717) is 26.4 Å². The van der Waals surface area contributed by atoms with Crippen molar-refractivity contribution in [3.8, 4) is 0 Å². The Labute approximate surface area is 91.7 Å². The van der Waals surface area contributed by atoms with E-state index in [4.69, 9.17) is 9.47 Å². The van der Waals surface area contributed by atoms with E-state index in [9.17, 15) is 4.79 Å². The van der Waals surface area contributed by atoms with Crippen LogP contribution in [-0.4, -0.2) is 64.9 Å². The van der Waals surface area contributed by atoms with E-state index in [0.717, 1.165) is 13.0 Å². The Bertz CT molecular complexity index is 163. The summed E-state index contributed by atoms with van der Waals surface area (Å²) in [6.07, 6.45) is 0.907. The largest absolute Gasteiger partial charge is 0.382 e. The summed E-state index contributed by atoms with van der Waals surface area (Å²) in [6.45, 7) is 3.16.